The van der Waals surface area contributed by atoms with E-state index in [-0.39, 0.29) is 12.8 Å². The second-order valence-electron chi connectivity index (χ2n) is 8.62. The number of rotatable bonds is 9. The molecule has 2 amide bonds. The van der Waals surface area contributed by atoms with Crippen LogP contribution in [0.15, 0.2) is 60.7 Å². The first-order valence-electron chi connectivity index (χ1n) is 10.3. The van der Waals surface area contributed by atoms with Crippen molar-refractivity contribution in [3.63, 3.8) is 0 Å². The zero-order valence-corrected chi connectivity index (χ0v) is 18.2. The van der Waals surface area contributed by atoms with E-state index >= 15 is 0 Å². The average molecular weight is 429 g/mol. The smallest absolute Gasteiger partial charge is 0.407 e. The number of benzene rings is 2. The lowest BCUT2D eigenvalue weighted by molar-refractivity contribution is -0.129. The molecule has 4 atom stereocenters. The van der Waals surface area contributed by atoms with Crippen molar-refractivity contribution in [1.29, 1.82) is 0 Å². The van der Waals surface area contributed by atoms with E-state index in [2.05, 4.69) is 5.32 Å². The van der Waals surface area contributed by atoms with E-state index < -0.39 is 41.8 Å². The summed E-state index contributed by atoms with van der Waals surface area (Å²) in [6.07, 6.45) is -3.26. The Morgan fingerprint density at radius 2 is 1.39 bits per heavy atom. The third-order valence-electron chi connectivity index (χ3n) is 4.84. The highest BCUT2D eigenvalue weighted by atomic mass is 16.6. The van der Waals surface area contributed by atoms with Crippen LogP contribution in [0.1, 0.15) is 31.9 Å². The molecule has 7 heteroatoms. The van der Waals surface area contributed by atoms with Crippen molar-refractivity contribution >= 4 is 12.0 Å². The molecule has 0 aliphatic heterocycles. The molecule has 0 fully saturated rings. The maximum atomic E-state index is 12.4. The highest BCUT2D eigenvalue weighted by molar-refractivity contribution is 5.77. The van der Waals surface area contributed by atoms with Crippen LogP contribution in [0.2, 0.25) is 0 Å². The van der Waals surface area contributed by atoms with Crippen LogP contribution in [-0.2, 0) is 22.4 Å². The van der Waals surface area contributed by atoms with Gasteiger partial charge in [-0.3, -0.25) is 4.79 Å². The predicted molar refractivity (Wildman–Crippen MR) is 118 cm³/mol. The lowest BCUT2D eigenvalue weighted by Crippen LogP contribution is -2.54. The summed E-state index contributed by atoms with van der Waals surface area (Å²) in [5.74, 6) is -1.76. The summed E-state index contributed by atoms with van der Waals surface area (Å²) >= 11 is 0. The van der Waals surface area contributed by atoms with Crippen molar-refractivity contribution < 1.29 is 24.5 Å². The Kier molecular flexibility index (Phi) is 8.59. The number of nitrogens with one attached hydrogen (secondary N) is 1. The minimum absolute atomic E-state index is 0.166. The van der Waals surface area contributed by atoms with Crippen molar-refractivity contribution in [3.8, 4) is 0 Å². The number of aliphatic hydroxyl groups excluding tert-OH is 2. The van der Waals surface area contributed by atoms with Gasteiger partial charge in [0.15, 0.2) is 0 Å². The molecule has 0 unspecified atom stereocenters. The van der Waals surface area contributed by atoms with Crippen molar-refractivity contribution in [1.82, 2.24) is 5.32 Å². The Hall–Kier alpha value is -2.90. The highest BCUT2D eigenvalue weighted by Crippen LogP contribution is 2.19. The van der Waals surface area contributed by atoms with Crippen molar-refractivity contribution in [2.45, 2.75) is 57.5 Å². The summed E-state index contributed by atoms with van der Waals surface area (Å²) in [4.78, 5) is 24.4. The van der Waals surface area contributed by atoms with Crippen LogP contribution in [0.25, 0.3) is 0 Å². The molecule has 0 bridgehead atoms. The number of ether oxygens (including phenoxy) is 1. The van der Waals surface area contributed by atoms with Crippen molar-refractivity contribution in [2.24, 2.45) is 11.7 Å². The molecular weight excluding hydrogens is 396 g/mol. The van der Waals surface area contributed by atoms with E-state index in [0.29, 0.717) is 0 Å². The van der Waals surface area contributed by atoms with Gasteiger partial charge in [-0.2, -0.15) is 0 Å². The van der Waals surface area contributed by atoms with Crippen LogP contribution in [0, 0.1) is 5.92 Å². The summed E-state index contributed by atoms with van der Waals surface area (Å²) in [6.45, 7) is 5.19. The number of hydrogen-bond donors (Lipinski definition) is 4. The molecule has 2 aromatic rings. The fraction of sp³-hybridized carbons (Fsp3) is 0.417. The molecule has 2 aromatic carbocycles. The second kappa shape index (κ2) is 10.9. The van der Waals surface area contributed by atoms with Gasteiger partial charge in [-0.15, -0.1) is 0 Å². The summed E-state index contributed by atoms with van der Waals surface area (Å²) < 4.78 is 5.30. The topological polar surface area (TPSA) is 122 Å². The molecule has 0 spiro atoms. The van der Waals surface area contributed by atoms with Gasteiger partial charge in [-0.05, 0) is 44.7 Å². The summed E-state index contributed by atoms with van der Waals surface area (Å²) in [5, 5.41) is 24.5. The van der Waals surface area contributed by atoms with Gasteiger partial charge in [0, 0.05) is 0 Å². The molecule has 168 valence electrons. The zero-order valence-electron chi connectivity index (χ0n) is 18.2. The van der Waals surface area contributed by atoms with Gasteiger partial charge in [0.2, 0.25) is 5.91 Å². The number of amides is 2. The zero-order chi connectivity index (χ0) is 23.0. The molecule has 31 heavy (non-hydrogen) atoms. The van der Waals surface area contributed by atoms with Gasteiger partial charge < -0.3 is 26.0 Å². The van der Waals surface area contributed by atoms with Crippen LogP contribution in [0.4, 0.5) is 4.79 Å². The number of aliphatic hydroxyl groups is 2. The third kappa shape index (κ3) is 8.03. The number of nitrogens with two attached hydrogens (primary N) is 1. The fourth-order valence-corrected chi connectivity index (χ4v) is 3.32. The monoisotopic (exact) mass is 428 g/mol. The minimum Gasteiger partial charge on any atom is -0.444 e. The van der Waals surface area contributed by atoms with Crippen LogP contribution in [0.3, 0.4) is 0 Å². The molecule has 0 aromatic heterocycles. The van der Waals surface area contributed by atoms with E-state index in [1.807, 2.05) is 60.7 Å². The molecule has 5 N–H and O–H groups in total. The van der Waals surface area contributed by atoms with E-state index in [1.54, 1.807) is 20.8 Å². The van der Waals surface area contributed by atoms with Gasteiger partial charge in [-0.25, -0.2) is 4.79 Å². The first kappa shape index (κ1) is 24.4. The molecule has 0 aliphatic rings. The highest BCUT2D eigenvalue weighted by Gasteiger charge is 2.36. The lowest BCUT2D eigenvalue weighted by atomic mass is 9.86. The van der Waals surface area contributed by atoms with Gasteiger partial charge in [-0.1, -0.05) is 60.7 Å². The molecule has 0 aliphatic carbocycles. The molecule has 7 nitrogen and oxygen atoms in total. The predicted octanol–water partition coefficient (Wildman–Crippen LogP) is 2.19. The number of alkyl carbamates (subject to hydrolysis) is 1. The van der Waals surface area contributed by atoms with Gasteiger partial charge in [0.1, 0.15) is 11.7 Å². The molecule has 0 saturated heterocycles. The first-order chi connectivity index (χ1) is 14.6. The maximum absolute atomic E-state index is 12.4. The average Bonchev–Trinajstić information content (AvgIpc) is 2.70. The SMILES string of the molecule is CC(C)(C)OC(=O)N[C@@H](Cc1ccccc1)[C@H](O)[C@@H](O)[C@H](Cc1ccccc1)C(N)=O. The van der Waals surface area contributed by atoms with Gasteiger partial charge in [0.25, 0.3) is 0 Å². The van der Waals surface area contributed by atoms with Crippen LogP contribution in [-0.4, -0.2) is 46.1 Å². The first-order valence-corrected chi connectivity index (χ1v) is 10.3. The Morgan fingerprint density at radius 3 is 1.84 bits per heavy atom. The lowest BCUT2D eigenvalue weighted by Gasteiger charge is -2.32. The van der Waals surface area contributed by atoms with Crippen molar-refractivity contribution in [3.05, 3.63) is 71.8 Å². The minimum atomic E-state index is -1.48. The normalized spacial score (nSPS) is 15.4. The summed E-state index contributed by atoms with van der Waals surface area (Å²) in [7, 11) is 0. The molecule has 0 saturated carbocycles. The van der Waals surface area contributed by atoms with Crippen molar-refractivity contribution in [2.75, 3.05) is 0 Å². The van der Waals surface area contributed by atoms with E-state index in [0.717, 1.165) is 11.1 Å². The Morgan fingerprint density at radius 1 is 0.903 bits per heavy atom. The fourth-order valence-electron chi connectivity index (χ4n) is 3.32. The summed E-state index contributed by atoms with van der Waals surface area (Å²) in [6, 6.07) is 17.4. The number of carbonyl (C=O) groups is 2. The molecular formula is C24H32N2O5. The Labute approximate surface area is 183 Å². The van der Waals surface area contributed by atoms with E-state index in [4.69, 9.17) is 10.5 Å². The summed E-state index contributed by atoms with van der Waals surface area (Å²) in [5.41, 5.74) is 6.45. The third-order valence-corrected chi connectivity index (χ3v) is 4.84. The molecule has 2 rings (SSSR count). The number of primary amides is 1. The Balaban J connectivity index is 2.22. The van der Waals surface area contributed by atoms with Crippen LogP contribution in [0.5, 0.6) is 0 Å². The molecule has 0 heterocycles. The standard InChI is InChI=1S/C24H32N2O5/c1-24(2,3)31-23(30)26-19(15-17-12-8-5-9-13-17)21(28)20(27)18(22(25)29)14-16-10-6-4-7-11-16/h4-13,18-21,27-28H,14-15H2,1-3H3,(H2,25,29)(H,26,30)/t18-,19-,20-,21-/m0/s1. The van der Waals surface area contributed by atoms with Gasteiger partial charge >= 0.3 is 6.09 Å². The van der Waals surface area contributed by atoms with Crippen LogP contribution >= 0.6 is 0 Å². The Bertz CT molecular complexity index is 836. The number of hydrogen-bond acceptors (Lipinski definition) is 5. The second-order valence-corrected chi connectivity index (χ2v) is 8.62. The maximum Gasteiger partial charge on any atom is 0.407 e. The number of carbonyl (C=O) groups excluding carboxylic acids is 2. The quantitative estimate of drug-likeness (QED) is 0.488. The van der Waals surface area contributed by atoms with Crippen LogP contribution < -0.4 is 11.1 Å². The molecule has 0 radical (unpaired) electrons. The van der Waals surface area contributed by atoms with E-state index in [1.165, 1.54) is 0 Å². The largest absolute Gasteiger partial charge is 0.444 e. The van der Waals surface area contributed by atoms with Gasteiger partial charge in [0.05, 0.1) is 18.1 Å². The van der Waals surface area contributed by atoms with E-state index in [9.17, 15) is 19.8 Å².